The predicted molar refractivity (Wildman–Crippen MR) is 213 cm³/mol. The average molecular weight is 714 g/mol. The second-order valence-corrected chi connectivity index (χ2v) is 20.2. The van der Waals surface area contributed by atoms with E-state index in [4.69, 9.17) is 4.43 Å². The minimum absolute atomic E-state index is 0.0848. The lowest BCUT2D eigenvalue weighted by Crippen LogP contribution is -2.67. The molecule has 3 N–H and O–H groups in total. The van der Waals surface area contributed by atoms with E-state index in [1.807, 2.05) is 19.2 Å². The first-order chi connectivity index (χ1) is 24.1. The summed E-state index contributed by atoms with van der Waals surface area (Å²) in [5, 5.41) is 33.2. The molecule has 0 fully saturated rings. The van der Waals surface area contributed by atoms with Gasteiger partial charge in [0.25, 0.3) is 8.32 Å². The summed E-state index contributed by atoms with van der Waals surface area (Å²) in [6.07, 6.45) is 9.58. The van der Waals surface area contributed by atoms with Crippen molar-refractivity contribution in [2.45, 2.75) is 118 Å². The molecular weight excluding hydrogens is 651 g/mol. The van der Waals surface area contributed by atoms with E-state index in [-0.39, 0.29) is 35.9 Å². The van der Waals surface area contributed by atoms with E-state index in [0.29, 0.717) is 6.42 Å². The van der Waals surface area contributed by atoms with Crippen LogP contribution in [0.1, 0.15) is 100.0 Å². The molecule has 0 saturated carbocycles. The number of pyridine rings is 1. The van der Waals surface area contributed by atoms with E-state index < -0.39 is 31.9 Å². The van der Waals surface area contributed by atoms with Crippen LogP contribution in [0.25, 0.3) is 6.08 Å². The summed E-state index contributed by atoms with van der Waals surface area (Å²) >= 11 is 0. The van der Waals surface area contributed by atoms with Gasteiger partial charge in [-0.1, -0.05) is 133 Å². The summed E-state index contributed by atoms with van der Waals surface area (Å²) < 4.78 is 7.65. The number of hydrogen-bond donors (Lipinski definition) is 3. The molecule has 2 aromatic carbocycles. The molecule has 6 nitrogen and oxygen atoms in total. The quantitative estimate of drug-likeness (QED) is 0.0863. The minimum atomic E-state index is -2.83. The molecule has 0 bridgehead atoms. The third-order valence-electron chi connectivity index (χ3n) is 10.6. The van der Waals surface area contributed by atoms with Gasteiger partial charge in [-0.3, -0.25) is 9.78 Å². The van der Waals surface area contributed by atoms with E-state index in [9.17, 15) is 20.1 Å². The lowest BCUT2D eigenvalue weighted by atomic mass is 9.73. The van der Waals surface area contributed by atoms with E-state index in [2.05, 4.69) is 118 Å². The van der Waals surface area contributed by atoms with Gasteiger partial charge in [0.2, 0.25) is 0 Å². The lowest BCUT2D eigenvalue weighted by molar-refractivity contribution is -0.142. The van der Waals surface area contributed by atoms with Crippen LogP contribution >= 0.6 is 0 Å². The van der Waals surface area contributed by atoms with Crippen molar-refractivity contribution in [1.82, 2.24) is 4.98 Å². The number of benzene rings is 2. The molecule has 51 heavy (non-hydrogen) atoms. The van der Waals surface area contributed by atoms with Gasteiger partial charge >= 0.3 is 0 Å². The van der Waals surface area contributed by atoms with Crippen LogP contribution < -0.4 is 10.4 Å². The van der Waals surface area contributed by atoms with Crippen LogP contribution in [0.2, 0.25) is 5.04 Å². The van der Waals surface area contributed by atoms with Crippen LogP contribution in [0.4, 0.5) is 0 Å². The van der Waals surface area contributed by atoms with E-state index in [1.54, 1.807) is 27.0 Å². The SMILES string of the molecule is C/C(=C\C[C@H](O[Si](c1ccccc1)(c1ccccc1)C(C)(C)C)/C(C)=C/c1cccnc1)CCC[C@H](C)[C@H](O)[C@@H](C)C(=O)C(C)(C)[C@@H](O)CCO. The lowest BCUT2D eigenvalue weighted by Gasteiger charge is -2.45. The van der Waals surface area contributed by atoms with Crippen molar-refractivity contribution in [2.75, 3.05) is 6.61 Å². The van der Waals surface area contributed by atoms with Crippen molar-refractivity contribution < 1.29 is 24.5 Å². The zero-order valence-electron chi connectivity index (χ0n) is 32.5. The monoisotopic (exact) mass is 713 g/mol. The molecule has 0 aliphatic carbocycles. The van der Waals surface area contributed by atoms with Gasteiger partial charge in [0.15, 0.2) is 0 Å². The van der Waals surface area contributed by atoms with Crippen molar-refractivity contribution >= 4 is 30.6 Å². The normalized spacial score (nSPS) is 16.3. The van der Waals surface area contributed by atoms with Gasteiger partial charge in [-0.25, -0.2) is 0 Å². The molecule has 7 heteroatoms. The number of carbonyl (C=O) groups is 1. The molecule has 1 aromatic heterocycles. The first-order valence-electron chi connectivity index (χ1n) is 18.6. The fourth-order valence-electron chi connectivity index (χ4n) is 7.21. The maximum atomic E-state index is 13.2. The molecule has 0 aliphatic rings. The zero-order valence-corrected chi connectivity index (χ0v) is 33.5. The predicted octanol–water partition coefficient (Wildman–Crippen LogP) is 7.91. The van der Waals surface area contributed by atoms with Crippen molar-refractivity contribution in [1.29, 1.82) is 0 Å². The number of aliphatic hydroxyl groups is 3. The minimum Gasteiger partial charge on any atom is -0.400 e. The number of ketones is 1. The van der Waals surface area contributed by atoms with Gasteiger partial charge in [0.05, 0.1) is 18.3 Å². The molecule has 0 amide bonds. The van der Waals surface area contributed by atoms with E-state index in [0.717, 1.165) is 30.4 Å². The maximum Gasteiger partial charge on any atom is 0.261 e. The highest BCUT2D eigenvalue weighted by Crippen LogP contribution is 2.39. The van der Waals surface area contributed by atoms with E-state index >= 15 is 0 Å². The fraction of sp³-hybridized carbons (Fsp3) is 0.500. The maximum absolute atomic E-state index is 13.2. The van der Waals surface area contributed by atoms with Crippen LogP contribution in [0.3, 0.4) is 0 Å². The second kappa shape index (κ2) is 19.0. The Morgan fingerprint density at radius 3 is 1.98 bits per heavy atom. The zero-order chi connectivity index (χ0) is 37.8. The largest absolute Gasteiger partial charge is 0.400 e. The number of aromatic nitrogens is 1. The Morgan fingerprint density at radius 1 is 0.882 bits per heavy atom. The van der Waals surface area contributed by atoms with Crippen molar-refractivity contribution in [3.8, 4) is 0 Å². The van der Waals surface area contributed by atoms with Crippen LogP contribution in [-0.4, -0.2) is 59.3 Å². The van der Waals surface area contributed by atoms with Crippen LogP contribution in [0.5, 0.6) is 0 Å². The molecule has 0 radical (unpaired) electrons. The highest BCUT2D eigenvalue weighted by atomic mass is 28.4. The van der Waals surface area contributed by atoms with Crippen LogP contribution in [-0.2, 0) is 9.22 Å². The number of nitrogens with zero attached hydrogens (tertiary/aromatic N) is 1. The van der Waals surface area contributed by atoms with Crippen molar-refractivity contribution in [3.63, 3.8) is 0 Å². The molecule has 5 atom stereocenters. The number of rotatable bonds is 19. The molecule has 0 unspecified atom stereocenters. The Kier molecular flexibility index (Phi) is 15.8. The summed E-state index contributed by atoms with van der Waals surface area (Å²) in [5.41, 5.74) is 2.40. The second-order valence-electron chi connectivity index (χ2n) is 16.0. The molecule has 3 rings (SSSR count). The average Bonchev–Trinajstić information content (AvgIpc) is 3.11. The summed E-state index contributed by atoms with van der Waals surface area (Å²) in [4.78, 5) is 17.6. The highest BCUT2D eigenvalue weighted by Gasteiger charge is 2.51. The number of Topliss-reactive ketones (excluding diaryl/α,β-unsaturated/α-hetero) is 1. The molecule has 1 heterocycles. The van der Waals surface area contributed by atoms with E-state index in [1.165, 1.54) is 15.9 Å². The molecular formula is C44H63NO5Si. The molecule has 3 aromatic rings. The number of hydrogen-bond acceptors (Lipinski definition) is 6. The van der Waals surface area contributed by atoms with Gasteiger partial charge < -0.3 is 19.7 Å². The van der Waals surface area contributed by atoms with Gasteiger partial charge in [0, 0.05) is 30.3 Å². The standard InChI is InChI=1S/C44H63NO5Si/c1-32(18-16-19-33(2)41(48)35(4)42(49)44(8,9)40(47)27-29-46)25-26-39(34(3)30-36-20-17-28-45-31-36)50-51(43(5,6)7,37-21-12-10-13-22-37)38-23-14-11-15-24-38/h10-15,17,20-25,28,30-31,33,35,39-41,46-48H,16,18-19,26-27,29H2,1-9H3/b32-25+,34-30+/t33-,35+,39-,40-,41-/m0/s1. The van der Waals surface area contributed by atoms with Crippen LogP contribution in [0.15, 0.2) is 102 Å². The summed E-state index contributed by atoms with van der Waals surface area (Å²) in [5.74, 6) is -0.882. The fourth-order valence-corrected chi connectivity index (χ4v) is 11.9. The first kappa shape index (κ1) is 42.2. The molecule has 278 valence electrons. The van der Waals surface area contributed by atoms with Gasteiger partial charge in [0.1, 0.15) is 5.78 Å². The highest BCUT2D eigenvalue weighted by molar-refractivity contribution is 6.99. The van der Waals surface area contributed by atoms with Gasteiger partial charge in [-0.15, -0.1) is 0 Å². The Bertz CT molecular complexity index is 1510. The third kappa shape index (κ3) is 10.9. The summed E-state index contributed by atoms with van der Waals surface area (Å²) in [6.45, 7) is 18.2. The van der Waals surface area contributed by atoms with Crippen molar-refractivity contribution in [3.05, 3.63) is 108 Å². The number of allylic oxidation sites excluding steroid dienone is 1. The van der Waals surface area contributed by atoms with Gasteiger partial charge in [-0.2, -0.15) is 0 Å². The first-order valence-corrected chi connectivity index (χ1v) is 20.5. The molecule has 0 aliphatic heterocycles. The summed E-state index contributed by atoms with van der Waals surface area (Å²) in [6, 6.07) is 25.5. The Morgan fingerprint density at radius 2 is 1.47 bits per heavy atom. The topological polar surface area (TPSA) is 99.9 Å². The molecule has 0 spiro atoms. The Hall–Kier alpha value is -3.20. The number of aliphatic hydroxyl groups excluding tert-OH is 3. The molecule has 0 saturated heterocycles. The summed E-state index contributed by atoms with van der Waals surface area (Å²) in [7, 11) is -2.83. The van der Waals surface area contributed by atoms with Gasteiger partial charge in [-0.05, 0) is 84.5 Å². The van der Waals surface area contributed by atoms with Crippen molar-refractivity contribution in [2.24, 2.45) is 17.3 Å². The number of carbonyl (C=O) groups excluding carboxylic acids is 1. The Balaban J connectivity index is 1.85. The smallest absolute Gasteiger partial charge is 0.261 e. The van der Waals surface area contributed by atoms with Crippen LogP contribution in [0, 0.1) is 17.3 Å². The Labute approximate surface area is 308 Å². The third-order valence-corrected chi connectivity index (χ3v) is 15.7.